The number of benzene rings is 1. The monoisotopic (exact) mass is 327 g/mol. The zero-order chi connectivity index (χ0) is 16.3. The van der Waals surface area contributed by atoms with E-state index in [0.29, 0.717) is 11.8 Å². The predicted molar refractivity (Wildman–Crippen MR) is 82.3 cm³/mol. The van der Waals surface area contributed by atoms with Crippen LogP contribution in [0.3, 0.4) is 0 Å². The fourth-order valence-corrected chi connectivity index (χ4v) is 3.11. The molecule has 0 aliphatic carbocycles. The van der Waals surface area contributed by atoms with Crippen LogP contribution in [0.2, 0.25) is 0 Å². The van der Waals surface area contributed by atoms with Gasteiger partial charge in [0, 0.05) is 12.1 Å². The number of carbonyl (C=O) groups excluding carboxylic acids is 1. The third-order valence-electron chi connectivity index (χ3n) is 3.70. The van der Waals surface area contributed by atoms with Crippen LogP contribution in [0.25, 0.3) is 0 Å². The van der Waals surface area contributed by atoms with Gasteiger partial charge in [0.15, 0.2) is 0 Å². The van der Waals surface area contributed by atoms with Crippen molar-refractivity contribution in [1.82, 2.24) is 10.6 Å². The van der Waals surface area contributed by atoms with Crippen molar-refractivity contribution in [3.8, 4) is 5.75 Å². The summed E-state index contributed by atoms with van der Waals surface area (Å²) in [4.78, 5) is 12.3. The SMILES string of the molecule is COc1ccc(S(N)(=O)=O)cc1C(=O)NC1CCNC(C)C1. The molecule has 1 aromatic rings. The van der Waals surface area contributed by atoms with Crippen molar-refractivity contribution in [2.45, 2.75) is 36.7 Å². The Morgan fingerprint density at radius 2 is 2.18 bits per heavy atom. The van der Waals surface area contributed by atoms with Gasteiger partial charge < -0.3 is 15.4 Å². The molecule has 0 radical (unpaired) electrons. The summed E-state index contributed by atoms with van der Waals surface area (Å²) in [6.07, 6.45) is 1.65. The van der Waals surface area contributed by atoms with Gasteiger partial charge >= 0.3 is 0 Å². The van der Waals surface area contributed by atoms with E-state index in [1.165, 1.54) is 25.3 Å². The van der Waals surface area contributed by atoms with Gasteiger partial charge in [-0.3, -0.25) is 4.79 Å². The van der Waals surface area contributed by atoms with Crippen molar-refractivity contribution in [2.75, 3.05) is 13.7 Å². The summed E-state index contributed by atoms with van der Waals surface area (Å²) < 4.78 is 28.0. The van der Waals surface area contributed by atoms with Crippen LogP contribution in [0.5, 0.6) is 5.75 Å². The smallest absolute Gasteiger partial charge is 0.255 e. The van der Waals surface area contributed by atoms with Crippen LogP contribution in [0.1, 0.15) is 30.1 Å². The van der Waals surface area contributed by atoms with Crippen LogP contribution in [0, 0.1) is 0 Å². The number of nitrogens with one attached hydrogen (secondary N) is 2. The van der Waals surface area contributed by atoms with Gasteiger partial charge in [0.05, 0.1) is 17.6 Å². The number of hydrogen-bond acceptors (Lipinski definition) is 5. The average Bonchev–Trinajstić information content (AvgIpc) is 2.45. The minimum Gasteiger partial charge on any atom is -0.496 e. The molecular formula is C14H21N3O4S. The average molecular weight is 327 g/mol. The van der Waals surface area contributed by atoms with Crippen LogP contribution >= 0.6 is 0 Å². The van der Waals surface area contributed by atoms with Crippen LogP contribution < -0.4 is 20.5 Å². The van der Waals surface area contributed by atoms with Gasteiger partial charge in [-0.15, -0.1) is 0 Å². The number of rotatable bonds is 4. The molecule has 0 saturated carbocycles. The van der Waals surface area contributed by atoms with Crippen molar-refractivity contribution >= 4 is 15.9 Å². The lowest BCUT2D eigenvalue weighted by atomic mass is 10.00. The molecule has 1 aliphatic heterocycles. The minimum absolute atomic E-state index is 0.0478. The minimum atomic E-state index is -3.87. The lowest BCUT2D eigenvalue weighted by Crippen LogP contribution is -2.46. The highest BCUT2D eigenvalue weighted by Gasteiger charge is 2.23. The van der Waals surface area contributed by atoms with Crippen molar-refractivity contribution in [1.29, 1.82) is 0 Å². The molecule has 1 fully saturated rings. The number of nitrogens with two attached hydrogens (primary N) is 1. The van der Waals surface area contributed by atoms with Crippen LogP contribution in [-0.4, -0.2) is 40.1 Å². The van der Waals surface area contributed by atoms with Gasteiger partial charge in [-0.05, 0) is 44.5 Å². The fourth-order valence-electron chi connectivity index (χ4n) is 2.57. The number of piperidine rings is 1. The molecular weight excluding hydrogens is 306 g/mol. The van der Waals surface area contributed by atoms with E-state index in [0.717, 1.165) is 19.4 Å². The standard InChI is InChI=1S/C14H21N3O4S/c1-9-7-10(5-6-16-9)17-14(18)12-8-11(22(15,19)20)3-4-13(12)21-2/h3-4,8-10,16H,5-7H2,1-2H3,(H,17,18)(H2,15,19,20). The van der Waals surface area contributed by atoms with E-state index >= 15 is 0 Å². The van der Waals surface area contributed by atoms with Gasteiger partial charge in [-0.1, -0.05) is 0 Å². The normalized spacial score (nSPS) is 22.1. The Balaban J connectivity index is 2.23. The fraction of sp³-hybridized carbons (Fsp3) is 0.500. The molecule has 0 bridgehead atoms. The maximum Gasteiger partial charge on any atom is 0.255 e. The molecule has 2 atom stereocenters. The molecule has 2 rings (SSSR count). The first-order valence-corrected chi connectivity index (χ1v) is 8.61. The topological polar surface area (TPSA) is 111 Å². The molecule has 1 amide bonds. The first-order valence-electron chi connectivity index (χ1n) is 7.06. The summed E-state index contributed by atoms with van der Waals surface area (Å²) in [5.74, 6) is -0.0478. The molecule has 0 spiro atoms. The summed E-state index contributed by atoms with van der Waals surface area (Å²) in [5.41, 5.74) is 0.167. The highest BCUT2D eigenvalue weighted by molar-refractivity contribution is 7.89. The molecule has 7 nitrogen and oxygen atoms in total. The van der Waals surface area contributed by atoms with Crippen molar-refractivity contribution in [3.05, 3.63) is 23.8 Å². The highest BCUT2D eigenvalue weighted by atomic mass is 32.2. The molecule has 0 aromatic heterocycles. The number of methoxy groups -OCH3 is 1. The molecule has 1 aromatic carbocycles. The van der Waals surface area contributed by atoms with E-state index < -0.39 is 10.0 Å². The molecule has 8 heteroatoms. The Morgan fingerprint density at radius 1 is 1.45 bits per heavy atom. The summed E-state index contributed by atoms with van der Waals surface area (Å²) in [6, 6.07) is 4.37. The lowest BCUT2D eigenvalue weighted by molar-refractivity contribution is 0.0922. The summed E-state index contributed by atoms with van der Waals surface area (Å²) in [5, 5.41) is 11.3. The van der Waals surface area contributed by atoms with Gasteiger partial charge in [0.1, 0.15) is 5.75 Å². The first-order chi connectivity index (χ1) is 10.3. The third-order valence-corrected chi connectivity index (χ3v) is 4.61. The van der Waals surface area contributed by atoms with Crippen LogP contribution in [-0.2, 0) is 10.0 Å². The van der Waals surface area contributed by atoms with Crippen molar-refractivity contribution in [2.24, 2.45) is 5.14 Å². The maximum atomic E-state index is 12.4. The summed E-state index contributed by atoms with van der Waals surface area (Å²) in [6.45, 7) is 2.89. The van der Waals surface area contributed by atoms with E-state index in [-0.39, 0.29) is 22.4 Å². The van der Waals surface area contributed by atoms with E-state index in [1.807, 2.05) is 0 Å². The van der Waals surface area contributed by atoms with Gasteiger partial charge in [-0.2, -0.15) is 0 Å². The Kier molecular flexibility index (Phi) is 5.05. The van der Waals surface area contributed by atoms with Crippen molar-refractivity contribution in [3.63, 3.8) is 0 Å². The second-order valence-electron chi connectivity index (χ2n) is 5.46. The maximum absolute atomic E-state index is 12.4. The zero-order valence-corrected chi connectivity index (χ0v) is 13.4. The van der Waals surface area contributed by atoms with E-state index in [1.54, 1.807) is 0 Å². The Hall–Kier alpha value is -1.64. The number of hydrogen-bond donors (Lipinski definition) is 3. The number of amides is 1. The molecule has 4 N–H and O–H groups in total. The summed E-state index contributed by atoms with van der Waals surface area (Å²) >= 11 is 0. The number of primary sulfonamides is 1. The molecule has 122 valence electrons. The largest absolute Gasteiger partial charge is 0.496 e. The Morgan fingerprint density at radius 3 is 2.77 bits per heavy atom. The van der Waals surface area contributed by atoms with E-state index in [2.05, 4.69) is 17.6 Å². The Bertz CT molecular complexity index is 660. The second-order valence-corrected chi connectivity index (χ2v) is 7.02. The third kappa shape index (κ3) is 3.96. The van der Waals surface area contributed by atoms with Gasteiger partial charge in [0.25, 0.3) is 5.91 Å². The number of ether oxygens (including phenoxy) is 1. The van der Waals surface area contributed by atoms with Gasteiger partial charge in [0.2, 0.25) is 10.0 Å². The van der Waals surface area contributed by atoms with Crippen LogP contribution in [0.4, 0.5) is 0 Å². The van der Waals surface area contributed by atoms with Crippen LogP contribution in [0.15, 0.2) is 23.1 Å². The second kappa shape index (κ2) is 6.64. The first kappa shape index (κ1) is 16.7. The molecule has 22 heavy (non-hydrogen) atoms. The van der Waals surface area contributed by atoms with E-state index in [4.69, 9.17) is 9.88 Å². The molecule has 1 aliphatic rings. The highest BCUT2D eigenvalue weighted by Crippen LogP contribution is 2.22. The summed E-state index contributed by atoms with van der Waals surface area (Å²) in [7, 11) is -2.45. The molecule has 1 saturated heterocycles. The predicted octanol–water partition coefficient (Wildman–Crippen LogP) is 0.213. The number of carbonyl (C=O) groups is 1. The quantitative estimate of drug-likeness (QED) is 0.732. The molecule has 1 heterocycles. The lowest BCUT2D eigenvalue weighted by Gasteiger charge is -2.28. The Labute approximate surface area is 130 Å². The zero-order valence-electron chi connectivity index (χ0n) is 12.6. The van der Waals surface area contributed by atoms with Gasteiger partial charge in [-0.25, -0.2) is 13.6 Å². The molecule has 2 unspecified atom stereocenters. The number of sulfonamides is 1. The van der Waals surface area contributed by atoms with E-state index in [9.17, 15) is 13.2 Å². The van der Waals surface area contributed by atoms with Crippen molar-refractivity contribution < 1.29 is 17.9 Å².